The van der Waals surface area contributed by atoms with E-state index < -0.39 is 12.1 Å². The Labute approximate surface area is 403 Å². The molecule has 0 aliphatic carbocycles. The van der Waals surface area contributed by atoms with E-state index in [0.29, 0.717) is 19.4 Å². The fraction of sp³-hybridized carbons (Fsp3) is 0.797. The number of unbranched alkanes of at least 4 members (excludes halogenated alkanes) is 32. The van der Waals surface area contributed by atoms with Crippen LogP contribution in [-0.4, -0.2) is 47.4 Å². The van der Waals surface area contributed by atoms with Gasteiger partial charge < -0.3 is 20.3 Å². The second kappa shape index (κ2) is 54.2. The van der Waals surface area contributed by atoms with E-state index in [9.17, 15) is 19.8 Å². The smallest absolute Gasteiger partial charge is 0.305 e. The topological polar surface area (TPSA) is 95.9 Å². The lowest BCUT2D eigenvalue weighted by molar-refractivity contribution is -0.143. The molecule has 6 nitrogen and oxygen atoms in total. The number of aliphatic hydroxyl groups is 2. The van der Waals surface area contributed by atoms with Crippen molar-refractivity contribution in [2.24, 2.45) is 0 Å². The second-order valence-electron chi connectivity index (χ2n) is 18.9. The third kappa shape index (κ3) is 50.8. The largest absolute Gasteiger partial charge is 0.465 e. The van der Waals surface area contributed by atoms with Gasteiger partial charge in [-0.25, -0.2) is 0 Å². The molecule has 6 heteroatoms. The zero-order chi connectivity index (χ0) is 47.2. The van der Waals surface area contributed by atoms with Crippen molar-refractivity contribution in [1.29, 1.82) is 0 Å². The molecule has 2 atom stereocenters. The lowest BCUT2D eigenvalue weighted by Crippen LogP contribution is -2.45. The SMILES string of the molecule is CCCCC/C=C\C/C=C\CCCCCCCC(=O)OCC/C=C\C/C=C\CCCCCCCCCCCCCCCCC(=O)NC(CO)C(O)/C=C/CCCCCCCCCCCC. The number of aliphatic hydroxyl groups excluding tert-OH is 2. The Balaban J connectivity index is 3.49. The van der Waals surface area contributed by atoms with E-state index in [1.807, 2.05) is 6.08 Å². The minimum atomic E-state index is -0.848. The van der Waals surface area contributed by atoms with Crippen molar-refractivity contribution in [3.8, 4) is 0 Å². The predicted octanol–water partition coefficient (Wildman–Crippen LogP) is 17.2. The third-order valence-electron chi connectivity index (χ3n) is 12.5. The molecule has 65 heavy (non-hydrogen) atoms. The number of ether oxygens (including phenoxy) is 1. The Morgan fingerprint density at radius 2 is 0.769 bits per heavy atom. The van der Waals surface area contributed by atoms with Crippen molar-refractivity contribution in [2.75, 3.05) is 13.2 Å². The Kier molecular flexibility index (Phi) is 52.1. The number of rotatable bonds is 51. The molecule has 0 aliphatic heterocycles. The zero-order valence-corrected chi connectivity index (χ0v) is 43.0. The summed E-state index contributed by atoms with van der Waals surface area (Å²) in [5.41, 5.74) is 0. The predicted molar refractivity (Wildman–Crippen MR) is 282 cm³/mol. The van der Waals surface area contributed by atoms with Gasteiger partial charge in [-0.15, -0.1) is 0 Å². The molecule has 0 aromatic heterocycles. The summed E-state index contributed by atoms with van der Waals surface area (Å²) in [6.45, 7) is 4.74. The van der Waals surface area contributed by atoms with Crippen molar-refractivity contribution in [2.45, 2.75) is 289 Å². The maximum Gasteiger partial charge on any atom is 0.305 e. The molecule has 0 radical (unpaired) electrons. The van der Waals surface area contributed by atoms with Gasteiger partial charge in [-0.05, 0) is 83.5 Å². The molecule has 0 aromatic rings. The standard InChI is InChI=1S/C59H107NO5/c1-3-5-7-9-11-13-15-17-25-29-33-37-41-45-49-53-59(64)65-54-50-46-42-38-34-30-27-24-22-20-18-19-21-23-26-28-32-36-40-44-48-52-58(63)60-56(55-61)57(62)51-47-43-39-35-31-16-14-12-10-8-6-4-2/h11,13,17,25,30,34,42,46-47,51,56-57,61-62H,3-10,12,14-16,18-24,26-29,31-33,35-41,43-45,48-50,52-55H2,1-2H3,(H,60,63)/b13-11-,25-17-,34-30-,46-42-,51-47+. The summed E-state index contributed by atoms with van der Waals surface area (Å²) in [5.74, 6) is -0.126. The number of nitrogens with one attached hydrogen (secondary N) is 1. The highest BCUT2D eigenvalue weighted by Crippen LogP contribution is 2.15. The number of esters is 1. The van der Waals surface area contributed by atoms with Crippen molar-refractivity contribution >= 4 is 11.9 Å². The summed E-state index contributed by atoms with van der Waals surface area (Å²) in [4.78, 5) is 24.4. The van der Waals surface area contributed by atoms with Crippen LogP contribution in [0.4, 0.5) is 0 Å². The van der Waals surface area contributed by atoms with Crippen LogP contribution in [0.15, 0.2) is 60.8 Å². The lowest BCUT2D eigenvalue weighted by Gasteiger charge is -2.20. The Hall–Kier alpha value is -2.44. The van der Waals surface area contributed by atoms with Crippen LogP contribution < -0.4 is 5.32 Å². The summed E-state index contributed by atoms with van der Waals surface area (Å²) in [6.07, 6.45) is 69.7. The van der Waals surface area contributed by atoms with Crippen LogP contribution in [0.5, 0.6) is 0 Å². The monoisotopic (exact) mass is 910 g/mol. The number of hydrogen-bond acceptors (Lipinski definition) is 5. The quantitative estimate of drug-likeness (QED) is 0.0321. The van der Waals surface area contributed by atoms with Gasteiger partial charge in [0.25, 0.3) is 0 Å². The summed E-state index contributed by atoms with van der Waals surface area (Å²) in [5, 5.41) is 23.0. The number of carbonyl (C=O) groups is 2. The summed E-state index contributed by atoms with van der Waals surface area (Å²) in [6, 6.07) is -0.632. The minimum Gasteiger partial charge on any atom is -0.465 e. The van der Waals surface area contributed by atoms with E-state index in [-0.39, 0.29) is 18.5 Å². The van der Waals surface area contributed by atoms with Gasteiger partial charge in [-0.3, -0.25) is 9.59 Å². The molecular weight excluding hydrogens is 803 g/mol. The second-order valence-corrected chi connectivity index (χ2v) is 18.9. The molecule has 0 bridgehead atoms. The first-order valence-corrected chi connectivity index (χ1v) is 28.1. The molecule has 0 fully saturated rings. The molecule has 3 N–H and O–H groups in total. The third-order valence-corrected chi connectivity index (χ3v) is 12.5. The highest BCUT2D eigenvalue weighted by atomic mass is 16.5. The normalized spacial score (nSPS) is 13.1. The first-order valence-electron chi connectivity index (χ1n) is 28.1. The number of hydrogen-bond donors (Lipinski definition) is 3. The lowest BCUT2D eigenvalue weighted by atomic mass is 10.0. The first kappa shape index (κ1) is 62.6. The van der Waals surface area contributed by atoms with E-state index in [2.05, 4.69) is 67.8 Å². The van der Waals surface area contributed by atoms with E-state index in [1.165, 1.54) is 186 Å². The van der Waals surface area contributed by atoms with Crippen LogP contribution in [0.1, 0.15) is 277 Å². The molecule has 1 amide bonds. The fourth-order valence-electron chi connectivity index (χ4n) is 8.21. The van der Waals surface area contributed by atoms with Gasteiger partial charge in [0, 0.05) is 12.8 Å². The van der Waals surface area contributed by atoms with Crippen LogP contribution in [0.3, 0.4) is 0 Å². The van der Waals surface area contributed by atoms with Gasteiger partial charge >= 0.3 is 5.97 Å². The van der Waals surface area contributed by atoms with Gasteiger partial charge in [0.2, 0.25) is 5.91 Å². The van der Waals surface area contributed by atoms with Crippen LogP contribution >= 0.6 is 0 Å². The molecule has 0 aliphatic rings. The highest BCUT2D eigenvalue weighted by Gasteiger charge is 2.18. The summed E-state index contributed by atoms with van der Waals surface area (Å²) in [7, 11) is 0. The Bertz CT molecular complexity index is 1140. The Morgan fingerprint density at radius 1 is 0.431 bits per heavy atom. The van der Waals surface area contributed by atoms with Crippen LogP contribution in [0, 0.1) is 0 Å². The van der Waals surface area contributed by atoms with Crippen molar-refractivity contribution in [3.63, 3.8) is 0 Å². The fourth-order valence-corrected chi connectivity index (χ4v) is 8.21. The average Bonchev–Trinajstić information content (AvgIpc) is 3.31. The molecule has 0 heterocycles. The first-order chi connectivity index (χ1) is 32.0. The van der Waals surface area contributed by atoms with E-state index in [1.54, 1.807) is 6.08 Å². The maximum absolute atomic E-state index is 12.4. The highest BCUT2D eigenvalue weighted by molar-refractivity contribution is 5.76. The summed E-state index contributed by atoms with van der Waals surface area (Å²) < 4.78 is 5.40. The van der Waals surface area contributed by atoms with Gasteiger partial charge in [0.1, 0.15) is 0 Å². The number of allylic oxidation sites excluding steroid dienone is 8. The van der Waals surface area contributed by atoms with Crippen LogP contribution in [0.25, 0.3) is 0 Å². The number of amides is 1. The molecular formula is C59H107NO5. The minimum absolute atomic E-state index is 0.0508. The molecule has 0 saturated heterocycles. The molecule has 0 spiro atoms. The van der Waals surface area contributed by atoms with Crippen LogP contribution in [-0.2, 0) is 14.3 Å². The van der Waals surface area contributed by atoms with Gasteiger partial charge in [-0.1, -0.05) is 242 Å². The zero-order valence-electron chi connectivity index (χ0n) is 43.0. The van der Waals surface area contributed by atoms with Gasteiger partial charge in [-0.2, -0.15) is 0 Å². The van der Waals surface area contributed by atoms with E-state index in [0.717, 1.165) is 64.2 Å². The van der Waals surface area contributed by atoms with Gasteiger partial charge in [0.05, 0.1) is 25.4 Å². The van der Waals surface area contributed by atoms with Crippen molar-refractivity contribution in [1.82, 2.24) is 5.32 Å². The summed E-state index contributed by atoms with van der Waals surface area (Å²) >= 11 is 0. The maximum atomic E-state index is 12.4. The molecule has 0 aromatic carbocycles. The van der Waals surface area contributed by atoms with E-state index in [4.69, 9.17) is 4.74 Å². The van der Waals surface area contributed by atoms with Crippen molar-refractivity contribution < 1.29 is 24.5 Å². The van der Waals surface area contributed by atoms with Crippen molar-refractivity contribution in [3.05, 3.63) is 60.8 Å². The van der Waals surface area contributed by atoms with E-state index >= 15 is 0 Å². The average molecular weight is 911 g/mol. The molecule has 2 unspecified atom stereocenters. The molecule has 378 valence electrons. The van der Waals surface area contributed by atoms with Gasteiger partial charge in [0.15, 0.2) is 0 Å². The Morgan fingerprint density at radius 3 is 1.20 bits per heavy atom. The molecule has 0 saturated carbocycles. The number of carbonyl (C=O) groups excluding carboxylic acids is 2. The molecule has 0 rings (SSSR count). The van der Waals surface area contributed by atoms with Crippen LogP contribution in [0.2, 0.25) is 0 Å².